The van der Waals surface area contributed by atoms with Crippen molar-refractivity contribution in [2.24, 2.45) is 10.9 Å². The number of nitrogens with two attached hydrogens (primary N) is 1. The van der Waals surface area contributed by atoms with E-state index in [1.807, 2.05) is 0 Å². The third kappa shape index (κ3) is 4.96. The number of hydrogen-bond donors (Lipinski definition) is 3. The van der Waals surface area contributed by atoms with Crippen molar-refractivity contribution in [2.75, 3.05) is 11.9 Å². The average molecular weight is 249 g/mol. The van der Waals surface area contributed by atoms with Crippen molar-refractivity contribution in [1.29, 1.82) is 0 Å². The predicted octanol–water partition coefficient (Wildman–Crippen LogP) is 1.74. The molecule has 0 aliphatic carbocycles. The minimum atomic E-state index is -4.71. The summed E-state index contributed by atoms with van der Waals surface area (Å²) in [7, 11) is 0. The smallest absolute Gasteiger partial charge is 0.409 e. The van der Waals surface area contributed by atoms with Crippen molar-refractivity contribution in [3.8, 4) is 5.75 Å². The van der Waals surface area contributed by atoms with Crippen molar-refractivity contribution in [3.05, 3.63) is 24.3 Å². The predicted molar refractivity (Wildman–Crippen MR) is 55.0 cm³/mol. The fourth-order valence-electron chi connectivity index (χ4n) is 1.00. The Balaban J connectivity index is 2.56. The number of oxime groups is 1. The highest BCUT2D eigenvalue weighted by Crippen LogP contribution is 2.23. The van der Waals surface area contributed by atoms with E-state index in [1.165, 1.54) is 12.1 Å². The zero-order valence-corrected chi connectivity index (χ0v) is 8.53. The standard InChI is InChI=1S/C9H10F3N3O2/c10-9(11,12)17-7-3-1-6(2-4-7)14-5-8(13)15-16/h1-4,14,16H,5H2,(H2,13,15). The zero-order chi connectivity index (χ0) is 12.9. The van der Waals surface area contributed by atoms with Crippen LogP contribution in [0.5, 0.6) is 5.75 Å². The van der Waals surface area contributed by atoms with E-state index in [9.17, 15) is 13.2 Å². The van der Waals surface area contributed by atoms with Gasteiger partial charge in [-0.05, 0) is 24.3 Å². The van der Waals surface area contributed by atoms with Crippen LogP contribution < -0.4 is 15.8 Å². The van der Waals surface area contributed by atoms with Gasteiger partial charge in [-0.25, -0.2) is 0 Å². The lowest BCUT2D eigenvalue weighted by atomic mass is 10.3. The molecule has 0 aliphatic heterocycles. The van der Waals surface area contributed by atoms with E-state index in [-0.39, 0.29) is 18.1 Å². The van der Waals surface area contributed by atoms with Gasteiger partial charge in [0.1, 0.15) is 5.75 Å². The van der Waals surface area contributed by atoms with E-state index in [0.717, 1.165) is 12.1 Å². The highest BCUT2D eigenvalue weighted by Gasteiger charge is 2.30. The summed E-state index contributed by atoms with van der Waals surface area (Å²) in [5, 5.41) is 13.7. The van der Waals surface area contributed by atoms with Crippen LogP contribution in [0.4, 0.5) is 18.9 Å². The van der Waals surface area contributed by atoms with Gasteiger partial charge >= 0.3 is 6.36 Å². The van der Waals surface area contributed by atoms with Crippen molar-refractivity contribution >= 4 is 11.5 Å². The number of benzene rings is 1. The fraction of sp³-hybridized carbons (Fsp3) is 0.222. The maximum Gasteiger partial charge on any atom is 0.573 e. The van der Waals surface area contributed by atoms with Gasteiger partial charge in [0, 0.05) is 5.69 Å². The minimum Gasteiger partial charge on any atom is -0.409 e. The van der Waals surface area contributed by atoms with Crippen LogP contribution >= 0.6 is 0 Å². The first-order valence-corrected chi connectivity index (χ1v) is 4.47. The maximum atomic E-state index is 11.8. The average Bonchev–Trinajstić information content (AvgIpc) is 2.25. The summed E-state index contributed by atoms with van der Waals surface area (Å²) in [6.07, 6.45) is -4.71. The summed E-state index contributed by atoms with van der Waals surface area (Å²) >= 11 is 0. The molecule has 1 aromatic rings. The lowest BCUT2D eigenvalue weighted by Gasteiger charge is -2.10. The Morgan fingerprint density at radius 1 is 1.35 bits per heavy atom. The first-order chi connectivity index (χ1) is 7.90. The SMILES string of the molecule is NC(CNc1ccc(OC(F)(F)F)cc1)=NO. The number of rotatable bonds is 4. The zero-order valence-electron chi connectivity index (χ0n) is 8.53. The number of anilines is 1. The van der Waals surface area contributed by atoms with Crippen molar-refractivity contribution in [3.63, 3.8) is 0 Å². The number of ether oxygens (including phenoxy) is 1. The van der Waals surface area contributed by atoms with Gasteiger partial charge in [0.05, 0.1) is 6.54 Å². The highest BCUT2D eigenvalue weighted by atomic mass is 19.4. The number of nitrogens with one attached hydrogen (secondary N) is 1. The Labute approximate surface area is 94.7 Å². The molecule has 0 saturated heterocycles. The van der Waals surface area contributed by atoms with Crippen LogP contribution in [0, 0.1) is 0 Å². The van der Waals surface area contributed by atoms with E-state index in [4.69, 9.17) is 10.9 Å². The molecule has 0 atom stereocenters. The Morgan fingerprint density at radius 3 is 2.41 bits per heavy atom. The van der Waals surface area contributed by atoms with E-state index in [1.54, 1.807) is 0 Å². The lowest BCUT2D eigenvalue weighted by molar-refractivity contribution is -0.274. The van der Waals surface area contributed by atoms with E-state index >= 15 is 0 Å². The van der Waals surface area contributed by atoms with E-state index in [2.05, 4.69) is 15.2 Å². The molecule has 0 radical (unpaired) electrons. The normalized spacial score (nSPS) is 12.3. The molecule has 4 N–H and O–H groups in total. The third-order valence-electron chi connectivity index (χ3n) is 1.69. The minimum absolute atomic E-state index is 0.0411. The summed E-state index contributed by atoms with van der Waals surface area (Å²) in [6, 6.07) is 5.07. The second-order valence-corrected chi connectivity index (χ2v) is 3.02. The number of alkyl halides is 3. The molecule has 0 fully saturated rings. The van der Waals surface area contributed by atoms with Gasteiger partial charge in [-0.2, -0.15) is 0 Å². The summed E-state index contributed by atoms with van der Waals surface area (Å²) < 4.78 is 39.2. The molecule has 0 amide bonds. The van der Waals surface area contributed by atoms with Gasteiger partial charge in [0.25, 0.3) is 0 Å². The molecule has 1 aromatic carbocycles. The van der Waals surface area contributed by atoms with Crippen LogP contribution in [0.15, 0.2) is 29.4 Å². The van der Waals surface area contributed by atoms with Crippen molar-refractivity contribution < 1.29 is 23.1 Å². The Bertz CT molecular complexity index is 389. The van der Waals surface area contributed by atoms with Crippen LogP contribution in [0.2, 0.25) is 0 Å². The summed E-state index contributed by atoms with van der Waals surface area (Å²) in [5.74, 6) is -0.354. The van der Waals surface area contributed by atoms with E-state index < -0.39 is 6.36 Å². The van der Waals surface area contributed by atoms with Crippen LogP contribution in [0.1, 0.15) is 0 Å². The fourth-order valence-corrected chi connectivity index (χ4v) is 1.00. The topological polar surface area (TPSA) is 79.9 Å². The van der Waals surface area contributed by atoms with Crippen molar-refractivity contribution in [2.45, 2.75) is 6.36 Å². The molecule has 0 aliphatic rings. The number of hydrogen-bond acceptors (Lipinski definition) is 4. The lowest BCUT2D eigenvalue weighted by Crippen LogP contribution is -2.22. The Kier molecular flexibility index (Phi) is 4.02. The molecular weight excluding hydrogens is 239 g/mol. The molecule has 8 heteroatoms. The first kappa shape index (κ1) is 12.9. The first-order valence-electron chi connectivity index (χ1n) is 4.47. The van der Waals surface area contributed by atoms with Crippen LogP contribution in [0.25, 0.3) is 0 Å². The molecule has 0 heterocycles. The number of nitrogens with zero attached hydrogens (tertiary/aromatic N) is 1. The molecule has 0 saturated carbocycles. The van der Waals surface area contributed by atoms with Crippen LogP contribution in [0.3, 0.4) is 0 Å². The second-order valence-electron chi connectivity index (χ2n) is 3.02. The summed E-state index contributed by atoms with van der Waals surface area (Å²) in [6.45, 7) is 0.0793. The molecular formula is C9H10F3N3O2. The highest BCUT2D eigenvalue weighted by molar-refractivity contribution is 5.84. The van der Waals surface area contributed by atoms with Gasteiger partial charge < -0.3 is 21.0 Å². The van der Waals surface area contributed by atoms with Crippen LogP contribution in [-0.2, 0) is 0 Å². The largest absolute Gasteiger partial charge is 0.573 e. The van der Waals surface area contributed by atoms with E-state index in [0.29, 0.717) is 5.69 Å². The maximum absolute atomic E-state index is 11.8. The molecule has 0 bridgehead atoms. The Morgan fingerprint density at radius 2 is 1.94 bits per heavy atom. The van der Waals surface area contributed by atoms with Gasteiger partial charge in [0.15, 0.2) is 5.84 Å². The molecule has 0 unspecified atom stereocenters. The van der Waals surface area contributed by atoms with Gasteiger partial charge in [-0.1, -0.05) is 5.16 Å². The second kappa shape index (κ2) is 5.28. The van der Waals surface area contributed by atoms with Crippen molar-refractivity contribution in [1.82, 2.24) is 0 Å². The molecule has 17 heavy (non-hydrogen) atoms. The quantitative estimate of drug-likeness (QED) is 0.328. The molecule has 1 rings (SSSR count). The van der Waals surface area contributed by atoms with Gasteiger partial charge in [0.2, 0.25) is 0 Å². The third-order valence-corrected chi connectivity index (χ3v) is 1.69. The summed E-state index contributed by atoms with van der Waals surface area (Å²) in [4.78, 5) is 0. The van der Waals surface area contributed by atoms with Crippen LogP contribution in [-0.4, -0.2) is 23.9 Å². The number of halogens is 3. The van der Waals surface area contributed by atoms with Gasteiger partial charge in [-0.3, -0.25) is 0 Å². The molecule has 0 aromatic heterocycles. The summed E-state index contributed by atoms with van der Waals surface area (Å²) in [5.41, 5.74) is 5.72. The molecule has 0 spiro atoms. The van der Waals surface area contributed by atoms with Gasteiger partial charge in [-0.15, -0.1) is 13.2 Å². The number of amidine groups is 1. The molecule has 94 valence electrons. The molecule has 5 nitrogen and oxygen atoms in total. The monoisotopic (exact) mass is 249 g/mol. The Hall–Kier alpha value is -2.12.